The van der Waals surface area contributed by atoms with Crippen LogP contribution in [0.3, 0.4) is 0 Å². The van der Waals surface area contributed by atoms with Crippen molar-refractivity contribution in [1.82, 2.24) is 10.3 Å². The van der Waals surface area contributed by atoms with Gasteiger partial charge in [0.15, 0.2) is 5.89 Å². The Hall–Kier alpha value is -0.650. The molecule has 0 atom stereocenters. The van der Waals surface area contributed by atoms with Gasteiger partial charge in [-0.2, -0.15) is 0 Å². The number of aromatic nitrogens is 1. The third-order valence-corrected chi connectivity index (χ3v) is 4.19. The monoisotopic (exact) mass is 300 g/mol. The molecule has 0 aliphatic rings. The summed E-state index contributed by atoms with van der Waals surface area (Å²) in [7, 11) is 0. The van der Waals surface area contributed by atoms with Crippen LogP contribution in [0.2, 0.25) is 0 Å². The molecule has 16 heavy (non-hydrogen) atoms. The van der Waals surface area contributed by atoms with Gasteiger partial charge in [-0.3, -0.25) is 0 Å². The summed E-state index contributed by atoms with van der Waals surface area (Å²) in [6.45, 7) is 5.40. The first-order chi connectivity index (χ1) is 7.66. The zero-order valence-corrected chi connectivity index (χ0v) is 11.6. The van der Waals surface area contributed by atoms with Crippen LogP contribution in [0.15, 0.2) is 20.3 Å². The first-order valence-electron chi connectivity index (χ1n) is 5.02. The van der Waals surface area contributed by atoms with Crippen molar-refractivity contribution in [2.24, 2.45) is 0 Å². The molecule has 2 heterocycles. The predicted molar refractivity (Wildman–Crippen MR) is 68.5 cm³/mol. The summed E-state index contributed by atoms with van der Waals surface area (Å²) in [5, 5.41) is 5.42. The SMILES string of the molecule is Cc1nc(C)c(CNCc2sccc2Br)o1. The topological polar surface area (TPSA) is 38.1 Å². The van der Waals surface area contributed by atoms with Crippen molar-refractivity contribution in [2.45, 2.75) is 26.9 Å². The van der Waals surface area contributed by atoms with Crippen molar-refractivity contribution >= 4 is 27.3 Å². The lowest BCUT2D eigenvalue weighted by molar-refractivity contribution is 0.454. The Morgan fingerprint density at radius 2 is 2.25 bits per heavy atom. The van der Waals surface area contributed by atoms with E-state index in [1.54, 1.807) is 11.3 Å². The van der Waals surface area contributed by atoms with E-state index >= 15 is 0 Å². The van der Waals surface area contributed by atoms with Crippen molar-refractivity contribution < 1.29 is 4.42 Å². The van der Waals surface area contributed by atoms with E-state index in [4.69, 9.17) is 4.42 Å². The molecule has 1 N–H and O–H groups in total. The van der Waals surface area contributed by atoms with Crippen molar-refractivity contribution in [1.29, 1.82) is 0 Å². The van der Waals surface area contributed by atoms with E-state index in [0.717, 1.165) is 34.9 Å². The zero-order chi connectivity index (χ0) is 11.5. The number of halogens is 1. The maximum absolute atomic E-state index is 5.48. The van der Waals surface area contributed by atoms with Gasteiger partial charge in [-0.25, -0.2) is 4.98 Å². The van der Waals surface area contributed by atoms with Gasteiger partial charge in [0.2, 0.25) is 0 Å². The van der Waals surface area contributed by atoms with E-state index in [1.807, 2.05) is 13.8 Å². The lowest BCUT2D eigenvalue weighted by Gasteiger charge is -2.01. The Bertz CT molecular complexity index is 478. The molecule has 3 nitrogen and oxygen atoms in total. The second-order valence-corrected chi connectivity index (χ2v) is 5.39. The van der Waals surface area contributed by atoms with Gasteiger partial charge in [0.25, 0.3) is 0 Å². The average molecular weight is 301 g/mol. The van der Waals surface area contributed by atoms with Gasteiger partial charge in [0.1, 0.15) is 5.76 Å². The Kier molecular flexibility index (Phi) is 3.78. The Morgan fingerprint density at radius 3 is 2.81 bits per heavy atom. The molecular formula is C11H13BrN2OS. The third-order valence-electron chi connectivity index (χ3n) is 2.26. The molecule has 0 aliphatic carbocycles. The Morgan fingerprint density at radius 1 is 1.44 bits per heavy atom. The summed E-state index contributed by atoms with van der Waals surface area (Å²) in [5.41, 5.74) is 0.968. The van der Waals surface area contributed by atoms with Crippen LogP contribution < -0.4 is 5.32 Å². The molecule has 2 aromatic rings. The van der Waals surface area contributed by atoms with Crippen molar-refractivity contribution in [3.63, 3.8) is 0 Å². The number of oxazole rings is 1. The molecule has 0 saturated heterocycles. The standard InChI is InChI=1S/C11H13BrN2OS/c1-7-10(15-8(2)14-7)5-13-6-11-9(12)3-4-16-11/h3-4,13H,5-6H2,1-2H3. The first kappa shape index (κ1) is 11.8. The van der Waals surface area contributed by atoms with Gasteiger partial charge in [0, 0.05) is 22.8 Å². The fourth-order valence-corrected chi connectivity index (χ4v) is 2.94. The van der Waals surface area contributed by atoms with E-state index in [2.05, 4.69) is 37.7 Å². The van der Waals surface area contributed by atoms with Crippen LogP contribution in [0.5, 0.6) is 0 Å². The normalized spacial score (nSPS) is 10.9. The first-order valence-corrected chi connectivity index (χ1v) is 6.69. The van der Waals surface area contributed by atoms with Crippen LogP contribution in [0.25, 0.3) is 0 Å². The van der Waals surface area contributed by atoms with Crippen LogP contribution >= 0.6 is 27.3 Å². The fraction of sp³-hybridized carbons (Fsp3) is 0.364. The summed E-state index contributed by atoms with van der Waals surface area (Å²) in [5.74, 6) is 1.65. The van der Waals surface area contributed by atoms with Gasteiger partial charge >= 0.3 is 0 Å². The lowest BCUT2D eigenvalue weighted by atomic mass is 10.3. The second kappa shape index (κ2) is 5.12. The second-order valence-electron chi connectivity index (χ2n) is 3.54. The van der Waals surface area contributed by atoms with Crippen LogP contribution in [-0.4, -0.2) is 4.98 Å². The van der Waals surface area contributed by atoms with Crippen LogP contribution in [-0.2, 0) is 13.1 Å². The molecule has 0 unspecified atom stereocenters. The molecule has 86 valence electrons. The smallest absolute Gasteiger partial charge is 0.191 e. The predicted octanol–water partition coefficient (Wildman–Crippen LogP) is 3.41. The number of hydrogen-bond donors (Lipinski definition) is 1. The highest BCUT2D eigenvalue weighted by Crippen LogP contribution is 2.22. The summed E-state index contributed by atoms with van der Waals surface area (Å²) in [6, 6.07) is 2.06. The summed E-state index contributed by atoms with van der Waals surface area (Å²) in [6.07, 6.45) is 0. The lowest BCUT2D eigenvalue weighted by Crippen LogP contribution is -2.12. The maximum atomic E-state index is 5.48. The highest BCUT2D eigenvalue weighted by Gasteiger charge is 2.06. The molecule has 0 spiro atoms. The molecule has 2 rings (SSSR count). The minimum absolute atomic E-state index is 0.719. The fourth-order valence-electron chi connectivity index (χ4n) is 1.48. The number of aryl methyl sites for hydroxylation is 2. The molecule has 0 bridgehead atoms. The van der Waals surface area contributed by atoms with Crippen LogP contribution in [0, 0.1) is 13.8 Å². The zero-order valence-electron chi connectivity index (χ0n) is 9.21. The van der Waals surface area contributed by atoms with E-state index in [-0.39, 0.29) is 0 Å². The highest BCUT2D eigenvalue weighted by molar-refractivity contribution is 9.10. The number of hydrogen-bond acceptors (Lipinski definition) is 4. The van der Waals surface area contributed by atoms with E-state index < -0.39 is 0 Å². The number of thiophene rings is 1. The summed E-state index contributed by atoms with van der Waals surface area (Å²) in [4.78, 5) is 5.53. The van der Waals surface area contributed by atoms with E-state index in [0.29, 0.717) is 0 Å². The van der Waals surface area contributed by atoms with Gasteiger partial charge in [-0.15, -0.1) is 11.3 Å². The van der Waals surface area contributed by atoms with Gasteiger partial charge in [-0.1, -0.05) is 0 Å². The highest BCUT2D eigenvalue weighted by atomic mass is 79.9. The maximum Gasteiger partial charge on any atom is 0.191 e. The van der Waals surface area contributed by atoms with Crippen molar-refractivity contribution in [3.8, 4) is 0 Å². The molecule has 0 radical (unpaired) electrons. The molecule has 0 aromatic carbocycles. The number of nitrogens with zero attached hydrogens (tertiary/aromatic N) is 1. The van der Waals surface area contributed by atoms with Crippen LogP contribution in [0.4, 0.5) is 0 Å². The summed E-state index contributed by atoms with van der Waals surface area (Å²) < 4.78 is 6.64. The third kappa shape index (κ3) is 2.72. The average Bonchev–Trinajstić information content (AvgIpc) is 2.75. The summed E-state index contributed by atoms with van der Waals surface area (Å²) >= 11 is 5.24. The molecule has 0 aliphatic heterocycles. The van der Waals surface area contributed by atoms with E-state index in [1.165, 1.54) is 4.88 Å². The minimum Gasteiger partial charge on any atom is -0.444 e. The van der Waals surface area contributed by atoms with Gasteiger partial charge < -0.3 is 9.73 Å². The minimum atomic E-state index is 0.719. The Balaban J connectivity index is 1.89. The molecule has 5 heteroatoms. The van der Waals surface area contributed by atoms with E-state index in [9.17, 15) is 0 Å². The molecule has 0 amide bonds. The molecule has 0 saturated carbocycles. The molecule has 2 aromatic heterocycles. The van der Waals surface area contributed by atoms with Crippen molar-refractivity contribution in [2.75, 3.05) is 0 Å². The Labute approximate surface area is 107 Å². The number of nitrogens with one attached hydrogen (secondary N) is 1. The molecule has 0 fully saturated rings. The van der Waals surface area contributed by atoms with Gasteiger partial charge in [0.05, 0.1) is 12.2 Å². The van der Waals surface area contributed by atoms with Crippen LogP contribution in [0.1, 0.15) is 22.2 Å². The number of rotatable bonds is 4. The largest absolute Gasteiger partial charge is 0.444 e. The molecular weight excluding hydrogens is 288 g/mol. The quantitative estimate of drug-likeness (QED) is 0.940. The van der Waals surface area contributed by atoms with Crippen molar-refractivity contribution in [3.05, 3.63) is 38.1 Å². The van der Waals surface area contributed by atoms with Gasteiger partial charge in [-0.05, 0) is 34.3 Å².